The number of pyridine rings is 2. The Morgan fingerprint density at radius 2 is 1.97 bits per heavy atom. The molecule has 1 aliphatic heterocycles. The van der Waals surface area contributed by atoms with E-state index in [2.05, 4.69) is 20.2 Å². The summed E-state index contributed by atoms with van der Waals surface area (Å²) in [5.74, 6) is -1.70. The van der Waals surface area contributed by atoms with Crippen LogP contribution in [0.5, 0.6) is 5.88 Å². The fraction of sp³-hybridized carbons (Fsp3) is 0.409. The molecule has 4 unspecified atom stereocenters. The van der Waals surface area contributed by atoms with Crippen LogP contribution >= 0.6 is 0 Å². The molecule has 1 amide bonds. The number of hydrogen-bond donors (Lipinski definition) is 0. The highest BCUT2D eigenvalue weighted by atomic mass is 19.4. The van der Waals surface area contributed by atoms with Gasteiger partial charge in [-0.2, -0.15) is 23.4 Å². The van der Waals surface area contributed by atoms with Crippen LogP contribution in [0.4, 0.5) is 17.6 Å². The highest BCUT2D eigenvalue weighted by molar-refractivity contribution is 5.96. The van der Waals surface area contributed by atoms with Gasteiger partial charge in [0.25, 0.3) is 11.8 Å². The van der Waals surface area contributed by atoms with Gasteiger partial charge in [-0.15, -0.1) is 4.80 Å². The maximum Gasteiger partial charge on any atom is 0.417 e. The Labute approximate surface area is 190 Å². The van der Waals surface area contributed by atoms with E-state index in [4.69, 9.17) is 4.74 Å². The first-order chi connectivity index (χ1) is 16.2. The molecule has 3 fully saturated rings. The van der Waals surface area contributed by atoms with Crippen LogP contribution in [0.15, 0.2) is 36.8 Å². The Balaban J connectivity index is 1.28. The highest BCUT2D eigenvalue weighted by Gasteiger charge is 2.76. The van der Waals surface area contributed by atoms with Crippen LogP contribution < -0.4 is 4.74 Å². The SMILES string of the molecule is Cc1ccc(-n2nccn2)c(C(=O)N2CC3CC34CC(Oc3ncc(C(F)(F)F)cc3F)C24)n1. The number of amides is 1. The molecule has 3 aromatic heterocycles. The molecule has 0 N–H and O–H groups in total. The molecule has 12 heteroatoms. The normalized spacial score (nSPS) is 27.1. The monoisotopic (exact) mass is 474 g/mol. The lowest BCUT2D eigenvalue weighted by Gasteiger charge is -2.46. The van der Waals surface area contributed by atoms with Gasteiger partial charge in [0.05, 0.1) is 24.0 Å². The van der Waals surface area contributed by atoms with Gasteiger partial charge in [0.2, 0.25) is 0 Å². The molecule has 8 nitrogen and oxygen atoms in total. The third-order valence-electron chi connectivity index (χ3n) is 7.06. The first-order valence-electron chi connectivity index (χ1n) is 10.7. The number of aryl methyl sites for hydroxylation is 1. The predicted octanol–water partition coefficient (Wildman–Crippen LogP) is 3.21. The summed E-state index contributed by atoms with van der Waals surface area (Å²) < 4.78 is 58.5. The largest absolute Gasteiger partial charge is 0.470 e. The predicted molar refractivity (Wildman–Crippen MR) is 107 cm³/mol. The number of piperidine rings is 1. The number of halogens is 4. The number of carbonyl (C=O) groups is 1. The summed E-state index contributed by atoms with van der Waals surface area (Å²) in [6.45, 7) is 2.28. The van der Waals surface area contributed by atoms with Crippen LogP contribution in [0.2, 0.25) is 0 Å². The van der Waals surface area contributed by atoms with E-state index in [0.29, 0.717) is 42.5 Å². The van der Waals surface area contributed by atoms with E-state index in [9.17, 15) is 22.4 Å². The lowest BCUT2D eigenvalue weighted by molar-refractivity contribution is -0.138. The van der Waals surface area contributed by atoms with Crippen LogP contribution in [0.25, 0.3) is 5.69 Å². The van der Waals surface area contributed by atoms with Crippen molar-refractivity contribution in [2.24, 2.45) is 11.3 Å². The van der Waals surface area contributed by atoms with Crippen molar-refractivity contribution in [3.8, 4) is 11.6 Å². The van der Waals surface area contributed by atoms with Crippen molar-refractivity contribution in [3.63, 3.8) is 0 Å². The molecule has 4 atom stereocenters. The van der Waals surface area contributed by atoms with E-state index in [1.165, 1.54) is 17.2 Å². The second-order valence-corrected chi connectivity index (χ2v) is 9.04. The minimum Gasteiger partial charge on any atom is -0.470 e. The topological polar surface area (TPSA) is 86.0 Å². The smallest absolute Gasteiger partial charge is 0.417 e. The fourth-order valence-electron chi connectivity index (χ4n) is 5.41. The molecule has 0 aromatic carbocycles. The average molecular weight is 474 g/mol. The van der Waals surface area contributed by atoms with E-state index < -0.39 is 29.5 Å². The molecule has 2 saturated carbocycles. The molecular weight excluding hydrogens is 456 g/mol. The van der Waals surface area contributed by atoms with Crippen LogP contribution in [0.1, 0.15) is 34.6 Å². The minimum absolute atomic E-state index is 0.101. The van der Waals surface area contributed by atoms with Crippen molar-refractivity contribution in [2.45, 2.75) is 38.1 Å². The minimum atomic E-state index is -4.70. The molecule has 0 bridgehead atoms. The second kappa shape index (κ2) is 6.97. The van der Waals surface area contributed by atoms with E-state index >= 15 is 0 Å². The van der Waals surface area contributed by atoms with E-state index in [0.717, 1.165) is 6.42 Å². The molecule has 0 radical (unpaired) electrons. The Bertz CT molecular complexity index is 1300. The summed E-state index contributed by atoms with van der Waals surface area (Å²) >= 11 is 0. The quantitative estimate of drug-likeness (QED) is 0.540. The van der Waals surface area contributed by atoms with Crippen LogP contribution in [-0.2, 0) is 6.18 Å². The highest BCUT2D eigenvalue weighted by Crippen LogP contribution is 2.71. The standard InChI is InChI=1S/C22H18F4N6O2/c1-11-2-3-15(32-28-4-5-29-32)17(30-11)20(33)31-10-13-7-21(13)8-16(18(21)31)34-19-14(23)6-12(9-27-19)22(24,25)26/h2-6,9,13,16,18H,7-8,10H2,1H3. The van der Waals surface area contributed by atoms with Gasteiger partial charge in [-0.25, -0.2) is 14.4 Å². The molecule has 3 aliphatic rings. The van der Waals surface area contributed by atoms with Crippen molar-refractivity contribution in [2.75, 3.05) is 6.54 Å². The third-order valence-corrected chi connectivity index (χ3v) is 7.06. The summed E-state index contributed by atoms with van der Waals surface area (Å²) in [4.78, 5) is 24.6. The van der Waals surface area contributed by atoms with Crippen LogP contribution in [0.3, 0.4) is 0 Å². The van der Waals surface area contributed by atoms with Crippen molar-refractivity contribution in [3.05, 3.63) is 59.6 Å². The van der Waals surface area contributed by atoms with Gasteiger partial charge in [0.15, 0.2) is 11.5 Å². The summed E-state index contributed by atoms with van der Waals surface area (Å²) in [6, 6.07) is 3.51. The Morgan fingerprint density at radius 3 is 2.68 bits per heavy atom. The molecule has 34 heavy (non-hydrogen) atoms. The van der Waals surface area contributed by atoms with Gasteiger partial charge in [0, 0.05) is 23.9 Å². The van der Waals surface area contributed by atoms with Crippen molar-refractivity contribution in [1.82, 2.24) is 29.9 Å². The van der Waals surface area contributed by atoms with Gasteiger partial charge in [-0.05, 0) is 43.9 Å². The molecule has 2 aliphatic carbocycles. The number of nitrogens with zero attached hydrogens (tertiary/aromatic N) is 6. The first-order valence-corrected chi connectivity index (χ1v) is 10.7. The van der Waals surface area contributed by atoms with Crippen molar-refractivity contribution < 1.29 is 27.1 Å². The number of alkyl halides is 3. The molecule has 3 aromatic rings. The van der Waals surface area contributed by atoms with Crippen LogP contribution in [-0.4, -0.2) is 54.5 Å². The zero-order valence-electron chi connectivity index (χ0n) is 17.8. The molecule has 1 spiro atoms. The van der Waals surface area contributed by atoms with Gasteiger partial charge < -0.3 is 9.64 Å². The van der Waals surface area contributed by atoms with E-state index in [1.807, 2.05) is 0 Å². The first kappa shape index (κ1) is 21.0. The third kappa shape index (κ3) is 3.07. The van der Waals surface area contributed by atoms with Gasteiger partial charge >= 0.3 is 6.18 Å². The summed E-state index contributed by atoms with van der Waals surface area (Å²) in [6.07, 6.45) is -0.228. The van der Waals surface area contributed by atoms with Crippen molar-refractivity contribution >= 4 is 5.91 Å². The molecular formula is C22H18F4N6O2. The van der Waals surface area contributed by atoms with Gasteiger partial charge in [-0.1, -0.05) is 0 Å². The maximum atomic E-state index is 14.3. The number of rotatable bonds is 4. The lowest BCUT2D eigenvalue weighted by atomic mass is 9.73. The molecule has 6 rings (SSSR count). The summed E-state index contributed by atoms with van der Waals surface area (Å²) in [5.41, 5.74) is -0.0144. The lowest BCUT2D eigenvalue weighted by Crippen LogP contribution is -2.59. The summed E-state index contributed by atoms with van der Waals surface area (Å²) in [5, 5.41) is 8.20. The van der Waals surface area contributed by atoms with E-state index in [1.54, 1.807) is 24.0 Å². The number of hydrogen-bond acceptors (Lipinski definition) is 6. The molecule has 176 valence electrons. The zero-order valence-corrected chi connectivity index (χ0v) is 17.8. The van der Waals surface area contributed by atoms with E-state index in [-0.39, 0.29) is 23.1 Å². The number of likely N-dealkylation sites (tertiary alicyclic amines) is 1. The number of aromatic nitrogens is 5. The summed E-state index contributed by atoms with van der Waals surface area (Å²) in [7, 11) is 0. The maximum absolute atomic E-state index is 14.3. The van der Waals surface area contributed by atoms with Crippen molar-refractivity contribution in [1.29, 1.82) is 0 Å². The number of ether oxygens (including phenoxy) is 1. The Kier molecular flexibility index (Phi) is 4.30. The van der Waals surface area contributed by atoms with Gasteiger partial charge in [0.1, 0.15) is 11.8 Å². The number of carbonyl (C=O) groups excluding carboxylic acids is 1. The fourth-order valence-corrected chi connectivity index (χ4v) is 5.41. The molecule has 4 heterocycles. The Hall–Kier alpha value is -3.57. The Morgan fingerprint density at radius 1 is 1.21 bits per heavy atom. The van der Waals surface area contributed by atoms with Gasteiger partial charge in [-0.3, -0.25) is 4.79 Å². The molecule has 1 saturated heterocycles. The average Bonchev–Trinajstić information content (AvgIpc) is 3.14. The van der Waals surface area contributed by atoms with Crippen LogP contribution in [0, 0.1) is 24.1 Å². The zero-order chi connectivity index (χ0) is 23.8. The second-order valence-electron chi connectivity index (χ2n) is 9.04.